The van der Waals surface area contributed by atoms with Crippen molar-refractivity contribution in [3.05, 3.63) is 58.6 Å². The molecule has 8 heteroatoms. The van der Waals surface area contributed by atoms with E-state index < -0.39 is 4.92 Å². The zero-order valence-corrected chi connectivity index (χ0v) is 10.6. The van der Waals surface area contributed by atoms with Crippen LogP contribution in [0.15, 0.2) is 52.2 Å². The molecule has 0 fully saturated rings. The topological polar surface area (TPSA) is 106 Å². The molecule has 2 heterocycles. The monoisotopic (exact) mass is 283 g/mol. The molecule has 0 radical (unpaired) electrons. The van der Waals surface area contributed by atoms with Crippen LogP contribution in [0.2, 0.25) is 0 Å². The molecule has 0 unspecified atom stereocenters. The van der Waals surface area contributed by atoms with Crippen molar-refractivity contribution >= 4 is 28.8 Å². The summed E-state index contributed by atoms with van der Waals surface area (Å²) in [6.45, 7) is 0. The zero-order chi connectivity index (χ0) is 14.7. The Morgan fingerprint density at radius 2 is 2.10 bits per heavy atom. The molecule has 3 aromatic rings. The van der Waals surface area contributed by atoms with E-state index in [1.807, 2.05) is 24.3 Å². The fourth-order valence-electron chi connectivity index (χ4n) is 1.76. The summed E-state index contributed by atoms with van der Waals surface area (Å²) in [6, 6.07) is 10.2. The Balaban J connectivity index is 1.79. The van der Waals surface area contributed by atoms with Crippen LogP contribution in [-0.4, -0.2) is 21.1 Å². The minimum atomic E-state index is -0.608. The van der Waals surface area contributed by atoms with Crippen molar-refractivity contribution in [1.29, 1.82) is 0 Å². The molecule has 1 aromatic carbocycles. The van der Waals surface area contributed by atoms with E-state index in [9.17, 15) is 10.1 Å². The maximum atomic E-state index is 10.5. The van der Waals surface area contributed by atoms with E-state index in [0.717, 1.165) is 10.9 Å². The maximum absolute atomic E-state index is 10.5. The Bertz CT molecular complexity index is 822. The molecular formula is C13H9N5O3. The number of hydrogen-bond donors (Lipinski definition) is 1. The van der Waals surface area contributed by atoms with Gasteiger partial charge in [0.2, 0.25) is 0 Å². The van der Waals surface area contributed by atoms with Crippen molar-refractivity contribution in [3.8, 4) is 0 Å². The van der Waals surface area contributed by atoms with E-state index in [1.54, 1.807) is 0 Å². The number of hydrogen-bond acceptors (Lipinski definition) is 7. The van der Waals surface area contributed by atoms with Crippen LogP contribution in [-0.2, 0) is 0 Å². The van der Waals surface area contributed by atoms with Crippen LogP contribution in [0.1, 0.15) is 5.76 Å². The number of benzene rings is 1. The molecule has 0 saturated carbocycles. The Hall–Kier alpha value is -3.29. The summed E-state index contributed by atoms with van der Waals surface area (Å²) in [5, 5.41) is 15.3. The highest BCUT2D eigenvalue weighted by molar-refractivity contribution is 5.89. The first-order valence-electron chi connectivity index (χ1n) is 5.97. The van der Waals surface area contributed by atoms with E-state index in [4.69, 9.17) is 4.42 Å². The predicted molar refractivity (Wildman–Crippen MR) is 76.1 cm³/mol. The first-order valence-corrected chi connectivity index (χ1v) is 5.97. The molecule has 0 saturated heterocycles. The van der Waals surface area contributed by atoms with Crippen LogP contribution < -0.4 is 5.43 Å². The molecular weight excluding hydrogens is 274 g/mol. The van der Waals surface area contributed by atoms with Gasteiger partial charge in [0.1, 0.15) is 11.3 Å². The molecule has 0 amide bonds. The Labute approximate surface area is 118 Å². The van der Waals surface area contributed by atoms with Gasteiger partial charge >= 0.3 is 5.88 Å². The minimum Gasteiger partial charge on any atom is -0.400 e. The van der Waals surface area contributed by atoms with Crippen LogP contribution in [0, 0.1) is 10.1 Å². The molecule has 0 bridgehead atoms. The molecule has 1 N–H and O–H groups in total. The van der Waals surface area contributed by atoms with Gasteiger partial charge in [0, 0.05) is 5.39 Å². The van der Waals surface area contributed by atoms with Gasteiger partial charge in [-0.15, -0.1) is 0 Å². The van der Waals surface area contributed by atoms with Crippen molar-refractivity contribution in [2.75, 3.05) is 5.43 Å². The predicted octanol–water partition coefficient (Wildman–Crippen LogP) is 2.58. The number of furan rings is 1. The smallest absolute Gasteiger partial charge is 0.400 e. The highest BCUT2D eigenvalue weighted by Crippen LogP contribution is 2.18. The van der Waals surface area contributed by atoms with Gasteiger partial charge in [-0.2, -0.15) is 5.10 Å². The highest BCUT2D eigenvalue weighted by Gasteiger charge is 2.10. The normalized spacial score (nSPS) is 11.0. The fraction of sp³-hybridized carbons (Fsp3) is 0. The summed E-state index contributed by atoms with van der Waals surface area (Å²) in [5.41, 5.74) is 3.55. The average Bonchev–Trinajstić information content (AvgIpc) is 2.97. The van der Waals surface area contributed by atoms with Gasteiger partial charge < -0.3 is 4.42 Å². The van der Waals surface area contributed by atoms with Gasteiger partial charge in [-0.25, -0.2) is 9.97 Å². The summed E-state index contributed by atoms with van der Waals surface area (Å²) in [4.78, 5) is 18.1. The van der Waals surface area contributed by atoms with E-state index in [2.05, 4.69) is 20.5 Å². The van der Waals surface area contributed by atoms with Crippen LogP contribution >= 0.6 is 0 Å². The number of nitro groups is 1. The van der Waals surface area contributed by atoms with Gasteiger partial charge in [-0.3, -0.25) is 15.5 Å². The van der Waals surface area contributed by atoms with E-state index in [1.165, 1.54) is 24.7 Å². The second-order valence-electron chi connectivity index (χ2n) is 4.04. The standard InChI is InChI=1S/C13H9N5O3/c19-18(20)12-6-5-9(21-12)7-16-17-13-10-3-1-2-4-11(10)14-8-15-13/h1-8H,(H,14,15,17)/b16-7-. The maximum Gasteiger partial charge on any atom is 0.433 e. The van der Waals surface area contributed by atoms with Gasteiger partial charge in [-0.1, -0.05) is 12.1 Å². The van der Waals surface area contributed by atoms with E-state index in [-0.39, 0.29) is 11.6 Å². The highest BCUT2D eigenvalue weighted by atomic mass is 16.6. The van der Waals surface area contributed by atoms with Crippen molar-refractivity contribution in [1.82, 2.24) is 9.97 Å². The molecule has 0 spiro atoms. The van der Waals surface area contributed by atoms with Crippen molar-refractivity contribution in [2.24, 2.45) is 5.10 Å². The second-order valence-corrected chi connectivity index (χ2v) is 4.04. The van der Waals surface area contributed by atoms with Gasteiger partial charge in [0.25, 0.3) is 0 Å². The quantitative estimate of drug-likeness (QED) is 0.448. The summed E-state index contributed by atoms with van der Waals surface area (Å²) in [6.07, 6.45) is 2.77. The lowest BCUT2D eigenvalue weighted by atomic mass is 10.2. The summed E-state index contributed by atoms with van der Waals surface area (Å²) < 4.78 is 4.95. The molecule has 8 nitrogen and oxygen atoms in total. The zero-order valence-electron chi connectivity index (χ0n) is 10.6. The van der Waals surface area contributed by atoms with E-state index >= 15 is 0 Å². The third-order valence-electron chi connectivity index (χ3n) is 2.70. The number of para-hydroxylation sites is 1. The number of rotatable bonds is 4. The fourth-order valence-corrected chi connectivity index (χ4v) is 1.76. The number of aromatic nitrogens is 2. The Kier molecular flexibility index (Phi) is 3.26. The van der Waals surface area contributed by atoms with Gasteiger partial charge in [0.15, 0.2) is 11.6 Å². The summed E-state index contributed by atoms with van der Waals surface area (Å²) in [5.74, 6) is 0.481. The van der Waals surface area contributed by atoms with Crippen molar-refractivity contribution in [3.63, 3.8) is 0 Å². The SMILES string of the molecule is O=[N+]([O-])c1ccc(/C=N\Nc2ncnc3ccccc23)o1. The Morgan fingerprint density at radius 1 is 1.24 bits per heavy atom. The molecule has 0 atom stereocenters. The number of fused-ring (bicyclic) bond motifs is 1. The van der Waals surface area contributed by atoms with Crippen molar-refractivity contribution in [2.45, 2.75) is 0 Å². The van der Waals surface area contributed by atoms with Crippen LogP contribution in [0.5, 0.6) is 0 Å². The summed E-state index contributed by atoms with van der Waals surface area (Å²) in [7, 11) is 0. The van der Waals surface area contributed by atoms with E-state index in [0.29, 0.717) is 5.82 Å². The van der Waals surface area contributed by atoms with Gasteiger partial charge in [-0.05, 0) is 18.2 Å². The first-order chi connectivity index (χ1) is 10.2. The number of nitrogens with zero attached hydrogens (tertiary/aromatic N) is 4. The Morgan fingerprint density at radius 3 is 2.90 bits per heavy atom. The third kappa shape index (κ3) is 2.68. The largest absolute Gasteiger partial charge is 0.433 e. The number of nitrogens with one attached hydrogen (secondary N) is 1. The molecule has 0 aliphatic carbocycles. The molecule has 0 aliphatic heterocycles. The first kappa shape index (κ1) is 12.7. The second kappa shape index (κ2) is 5.37. The number of anilines is 1. The number of hydrazone groups is 1. The van der Waals surface area contributed by atoms with Crippen molar-refractivity contribution < 1.29 is 9.34 Å². The lowest BCUT2D eigenvalue weighted by molar-refractivity contribution is -0.402. The molecule has 0 aliphatic rings. The third-order valence-corrected chi connectivity index (χ3v) is 2.70. The van der Waals surface area contributed by atoms with Crippen LogP contribution in [0.25, 0.3) is 10.9 Å². The van der Waals surface area contributed by atoms with Crippen LogP contribution in [0.4, 0.5) is 11.7 Å². The average molecular weight is 283 g/mol. The van der Waals surface area contributed by atoms with Crippen LogP contribution in [0.3, 0.4) is 0 Å². The van der Waals surface area contributed by atoms with Gasteiger partial charge in [0.05, 0.1) is 17.8 Å². The lowest BCUT2D eigenvalue weighted by Crippen LogP contribution is -1.95. The molecule has 21 heavy (non-hydrogen) atoms. The summed E-state index contributed by atoms with van der Waals surface area (Å²) >= 11 is 0. The minimum absolute atomic E-state index is 0.271. The molecule has 104 valence electrons. The molecule has 3 rings (SSSR count). The molecule has 2 aromatic heterocycles. The lowest BCUT2D eigenvalue weighted by Gasteiger charge is -2.02.